The van der Waals surface area contributed by atoms with Gasteiger partial charge in [0, 0.05) is 49.1 Å². The highest BCUT2D eigenvalue weighted by molar-refractivity contribution is 7.89. The van der Waals surface area contributed by atoms with E-state index in [4.69, 9.17) is 4.74 Å². The minimum atomic E-state index is -4.07. The molecule has 0 radical (unpaired) electrons. The van der Waals surface area contributed by atoms with Crippen molar-refractivity contribution in [1.82, 2.24) is 13.6 Å². The number of rotatable bonds is 6. The quantitative estimate of drug-likeness (QED) is 0.441. The van der Waals surface area contributed by atoms with Crippen LogP contribution in [0.25, 0.3) is 0 Å². The molecule has 9 nitrogen and oxygen atoms in total. The molecular formula is C28H30FN3O6S2. The molecule has 2 heterocycles. The Balaban J connectivity index is 1.74. The van der Waals surface area contributed by atoms with Gasteiger partial charge in [-0.15, -0.1) is 0 Å². The minimum absolute atomic E-state index is 0.0117. The zero-order valence-electron chi connectivity index (χ0n) is 22.2. The largest absolute Gasteiger partial charge is 0.487 e. The maximum absolute atomic E-state index is 13.7. The molecular weight excluding hydrogens is 557 g/mol. The normalized spacial score (nSPS) is 19.9. The van der Waals surface area contributed by atoms with Crippen molar-refractivity contribution in [2.24, 2.45) is 5.92 Å². The molecule has 3 atom stereocenters. The summed E-state index contributed by atoms with van der Waals surface area (Å²) in [5, 5.41) is 9.83. The Morgan fingerprint density at radius 1 is 1.12 bits per heavy atom. The Bertz CT molecular complexity index is 1620. The summed E-state index contributed by atoms with van der Waals surface area (Å²) in [5.74, 6) is 4.98. The third kappa shape index (κ3) is 6.35. The molecule has 0 saturated heterocycles. The van der Waals surface area contributed by atoms with E-state index in [-0.39, 0.29) is 28.6 Å². The van der Waals surface area contributed by atoms with E-state index in [0.717, 1.165) is 22.0 Å². The third-order valence-electron chi connectivity index (χ3n) is 6.66. The van der Waals surface area contributed by atoms with E-state index in [0.29, 0.717) is 5.56 Å². The molecule has 0 fully saturated rings. The predicted octanol–water partition coefficient (Wildman–Crippen LogP) is 2.71. The van der Waals surface area contributed by atoms with Crippen LogP contribution in [0.15, 0.2) is 76.8 Å². The number of aliphatic hydroxyl groups excluding tert-OH is 1. The van der Waals surface area contributed by atoms with Gasteiger partial charge in [-0.25, -0.2) is 21.2 Å². The highest BCUT2D eigenvalue weighted by Crippen LogP contribution is 2.34. The number of hydrogen-bond acceptors (Lipinski definition) is 7. The Morgan fingerprint density at radius 2 is 1.77 bits per heavy atom. The van der Waals surface area contributed by atoms with Crippen LogP contribution in [0.3, 0.4) is 0 Å². The molecule has 212 valence electrons. The summed E-state index contributed by atoms with van der Waals surface area (Å²) in [6.45, 7) is 2.83. The lowest BCUT2D eigenvalue weighted by Gasteiger charge is -2.37. The third-order valence-corrected chi connectivity index (χ3v) is 10.5. The van der Waals surface area contributed by atoms with E-state index in [1.54, 1.807) is 44.4 Å². The lowest BCUT2D eigenvalue weighted by molar-refractivity contribution is 0.0904. The minimum Gasteiger partial charge on any atom is -0.487 e. The summed E-state index contributed by atoms with van der Waals surface area (Å²) in [6.07, 6.45) is 2.45. The SMILES string of the molecule is C[C@@H]1CN([C@@H](C)CO)S(=O)(=O)c2ccc(C#Cc3ccncc3)cc2O[C@@H]1CN(C)S(=O)(=O)c1ccc(F)cc1. The highest BCUT2D eigenvalue weighted by atomic mass is 32.2. The van der Waals surface area contributed by atoms with Crippen LogP contribution in [0.1, 0.15) is 25.0 Å². The van der Waals surface area contributed by atoms with Crippen molar-refractivity contribution in [2.75, 3.05) is 26.7 Å². The maximum Gasteiger partial charge on any atom is 0.247 e. The van der Waals surface area contributed by atoms with Crippen LogP contribution in [0, 0.1) is 23.6 Å². The fourth-order valence-electron chi connectivity index (χ4n) is 4.24. The summed E-state index contributed by atoms with van der Waals surface area (Å²) in [7, 11) is -6.68. The molecule has 0 amide bonds. The van der Waals surface area contributed by atoms with Gasteiger partial charge < -0.3 is 9.84 Å². The van der Waals surface area contributed by atoms with Crippen LogP contribution in [0.5, 0.6) is 5.75 Å². The summed E-state index contributed by atoms with van der Waals surface area (Å²) in [4.78, 5) is 3.77. The molecule has 1 aliphatic heterocycles. The van der Waals surface area contributed by atoms with Gasteiger partial charge in [0.2, 0.25) is 20.0 Å². The first-order valence-electron chi connectivity index (χ1n) is 12.5. The molecule has 0 spiro atoms. The molecule has 0 saturated carbocycles. The molecule has 1 aromatic heterocycles. The summed E-state index contributed by atoms with van der Waals surface area (Å²) in [6, 6.07) is 11.8. The van der Waals surface area contributed by atoms with Crippen molar-refractivity contribution in [3.8, 4) is 17.6 Å². The molecule has 0 bridgehead atoms. The highest BCUT2D eigenvalue weighted by Gasteiger charge is 2.39. The lowest BCUT2D eigenvalue weighted by Crippen LogP contribution is -2.50. The molecule has 4 rings (SSSR count). The van der Waals surface area contributed by atoms with Crippen molar-refractivity contribution in [1.29, 1.82) is 0 Å². The number of ether oxygens (including phenoxy) is 1. The van der Waals surface area contributed by atoms with Crippen LogP contribution in [0.4, 0.5) is 4.39 Å². The number of aromatic nitrogens is 1. The van der Waals surface area contributed by atoms with Crippen molar-refractivity contribution >= 4 is 20.0 Å². The predicted molar refractivity (Wildman–Crippen MR) is 147 cm³/mol. The number of fused-ring (bicyclic) bond motifs is 1. The summed E-state index contributed by atoms with van der Waals surface area (Å²) in [5.41, 5.74) is 1.21. The Kier molecular flexibility index (Phi) is 8.92. The molecule has 40 heavy (non-hydrogen) atoms. The van der Waals surface area contributed by atoms with Crippen LogP contribution in [-0.4, -0.2) is 74.4 Å². The number of hydrogen-bond donors (Lipinski definition) is 1. The van der Waals surface area contributed by atoms with E-state index in [1.807, 2.05) is 0 Å². The van der Waals surface area contributed by atoms with Gasteiger partial charge in [0.1, 0.15) is 22.6 Å². The second-order valence-corrected chi connectivity index (χ2v) is 13.5. The van der Waals surface area contributed by atoms with E-state index in [9.17, 15) is 26.3 Å². The maximum atomic E-state index is 13.7. The van der Waals surface area contributed by atoms with Gasteiger partial charge >= 0.3 is 0 Å². The Labute approximate surface area is 234 Å². The Morgan fingerprint density at radius 3 is 2.42 bits per heavy atom. The average molecular weight is 588 g/mol. The fraction of sp³-hybridized carbons (Fsp3) is 0.321. The van der Waals surface area contributed by atoms with E-state index >= 15 is 0 Å². The lowest BCUT2D eigenvalue weighted by atomic mass is 10.0. The molecule has 12 heteroatoms. The first-order chi connectivity index (χ1) is 18.9. The summed E-state index contributed by atoms with van der Waals surface area (Å²) >= 11 is 0. The number of halogens is 1. The number of pyridine rings is 1. The molecule has 3 aromatic rings. The van der Waals surface area contributed by atoms with Crippen molar-refractivity contribution in [3.63, 3.8) is 0 Å². The average Bonchev–Trinajstić information content (AvgIpc) is 2.94. The van der Waals surface area contributed by atoms with Crippen molar-refractivity contribution < 1.29 is 31.1 Å². The van der Waals surface area contributed by atoms with Crippen LogP contribution >= 0.6 is 0 Å². The van der Waals surface area contributed by atoms with Gasteiger partial charge in [-0.3, -0.25) is 4.98 Å². The fourth-order valence-corrected chi connectivity index (χ4v) is 7.25. The number of aliphatic hydroxyl groups is 1. The van der Waals surface area contributed by atoms with Crippen LogP contribution in [0.2, 0.25) is 0 Å². The number of sulfonamides is 2. The van der Waals surface area contributed by atoms with Crippen LogP contribution < -0.4 is 4.74 Å². The molecule has 0 aliphatic carbocycles. The van der Waals surface area contributed by atoms with Gasteiger partial charge in [0.15, 0.2) is 0 Å². The zero-order valence-corrected chi connectivity index (χ0v) is 23.9. The topological polar surface area (TPSA) is 117 Å². The van der Waals surface area contributed by atoms with E-state index in [1.165, 1.54) is 35.6 Å². The smallest absolute Gasteiger partial charge is 0.247 e. The van der Waals surface area contributed by atoms with Crippen LogP contribution in [-0.2, 0) is 20.0 Å². The molecule has 1 aliphatic rings. The zero-order chi connectivity index (χ0) is 29.1. The van der Waals surface area contributed by atoms with Gasteiger partial charge in [0.05, 0.1) is 18.0 Å². The van der Waals surface area contributed by atoms with Gasteiger partial charge in [-0.2, -0.15) is 8.61 Å². The molecule has 2 aromatic carbocycles. The number of likely N-dealkylation sites (N-methyl/N-ethyl adjacent to an activating group) is 1. The first-order valence-corrected chi connectivity index (χ1v) is 15.4. The van der Waals surface area contributed by atoms with Gasteiger partial charge in [0.25, 0.3) is 0 Å². The van der Waals surface area contributed by atoms with E-state index in [2.05, 4.69) is 16.8 Å². The molecule has 0 unspecified atom stereocenters. The number of benzene rings is 2. The number of nitrogens with zero attached hydrogens (tertiary/aromatic N) is 3. The van der Waals surface area contributed by atoms with Gasteiger partial charge in [-0.1, -0.05) is 18.8 Å². The monoisotopic (exact) mass is 587 g/mol. The Hall–Kier alpha value is -3.34. The second-order valence-electron chi connectivity index (χ2n) is 9.63. The standard InChI is InChI=1S/C28H30FN3O6S2/c1-20-17-32(21(2)19-33)40(36,37)28-11-6-23(5-4-22-12-14-30-15-13-22)16-26(28)38-27(20)18-31(3)39(34,35)25-9-7-24(29)8-10-25/h6-16,20-21,27,33H,17-19H2,1-3H3/t20-,21+,27-/m1/s1. The van der Waals surface area contributed by atoms with E-state index < -0.39 is 50.5 Å². The second kappa shape index (κ2) is 12.0. The molecule has 1 N–H and O–H groups in total. The van der Waals surface area contributed by atoms with Gasteiger partial charge in [-0.05, 0) is 61.5 Å². The van der Waals surface area contributed by atoms with Crippen molar-refractivity contribution in [3.05, 3.63) is 83.9 Å². The van der Waals surface area contributed by atoms with Crippen molar-refractivity contribution in [2.45, 2.75) is 35.8 Å². The first kappa shape index (κ1) is 29.6. The summed E-state index contributed by atoms with van der Waals surface area (Å²) < 4.78 is 75.7.